The molecule has 0 saturated carbocycles. The Morgan fingerprint density at radius 3 is 3.05 bits per heavy atom. The van der Waals surface area contributed by atoms with Crippen LogP contribution in [-0.2, 0) is 4.79 Å². The van der Waals surface area contributed by atoms with E-state index in [1.54, 1.807) is 30.0 Å². The number of halogens is 2. The number of hydrogen-bond donors (Lipinski definition) is 1. The molecule has 1 aromatic carbocycles. The van der Waals surface area contributed by atoms with Gasteiger partial charge >= 0.3 is 0 Å². The summed E-state index contributed by atoms with van der Waals surface area (Å²) in [6.45, 7) is 1.66. The molecule has 1 N–H and O–H groups in total. The highest BCUT2D eigenvalue weighted by Crippen LogP contribution is 2.31. The Labute approximate surface area is 130 Å². The molecule has 0 unspecified atom stereocenters. The predicted molar refractivity (Wildman–Crippen MR) is 84.4 cm³/mol. The van der Waals surface area contributed by atoms with Gasteiger partial charge in [0.1, 0.15) is 0 Å². The average molecular weight is 328 g/mol. The Kier molecular flexibility index (Phi) is 3.92. The number of hydrogen-bond acceptors (Lipinski definition) is 4. The first-order valence-electron chi connectivity index (χ1n) is 6.06. The van der Waals surface area contributed by atoms with E-state index in [9.17, 15) is 4.79 Å². The third kappa shape index (κ3) is 2.80. The smallest absolute Gasteiger partial charge is 0.230 e. The van der Waals surface area contributed by atoms with Crippen molar-refractivity contribution < 1.29 is 4.79 Å². The van der Waals surface area contributed by atoms with Crippen molar-refractivity contribution in [1.82, 2.24) is 4.90 Å². The lowest BCUT2D eigenvalue weighted by atomic mass is 10.2. The van der Waals surface area contributed by atoms with Crippen LogP contribution in [0.1, 0.15) is 6.42 Å². The topological polar surface area (TPSA) is 44.7 Å². The predicted octanol–water partition coefficient (Wildman–Crippen LogP) is 3.58. The number of anilines is 1. The van der Waals surface area contributed by atoms with E-state index in [1.807, 2.05) is 5.41 Å². The molecule has 3 rings (SSSR count). The maximum Gasteiger partial charge on any atom is 0.230 e. The molecule has 0 atom stereocenters. The SMILES string of the molecule is O=C(CC1=CSC2=NCCN12)Nc1ccc(Cl)c(Cl)c1. The monoisotopic (exact) mass is 327 g/mol. The molecule has 104 valence electrons. The van der Waals surface area contributed by atoms with Gasteiger partial charge in [0.2, 0.25) is 5.91 Å². The maximum atomic E-state index is 12.0. The molecule has 7 heteroatoms. The normalized spacial score (nSPS) is 16.8. The number of carbonyl (C=O) groups excluding carboxylic acids is 1. The largest absolute Gasteiger partial charge is 0.326 e. The van der Waals surface area contributed by atoms with Gasteiger partial charge in [-0.15, -0.1) is 0 Å². The first-order chi connectivity index (χ1) is 9.63. The summed E-state index contributed by atoms with van der Waals surface area (Å²) in [4.78, 5) is 18.5. The Bertz CT molecular complexity index is 630. The van der Waals surface area contributed by atoms with Gasteiger partial charge in [-0.05, 0) is 23.6 Å². The molecular formula is C13H11Cl2N3OS. The van der Waals surface area contributed by atoms with Crippen molar-refractivity contribution in [3.05, 3.63) is 39.3 Å². The molecule has 1 aromatic rings. The number of nitrogens with zero attached hydrogens (tertiary/aromatic N) is 2. The van der Waals surface area contributed by atoms with Crippen LogP contribution in [0.5, 0.6) is 0 Å². The summed E-state index contributed by atoms with van der Waals surface area (Å²) in [6.07, 6.45) is 0.326. The first kappa shape index (κ1) is 13.8. The number of nitrogens with one attached hydrogen (secondary N) is 1. The summed E-state index contributed by atoms with van der Waals surface area (Å²) in [5, 5.41) is 6.68. The highest BCUT2D eigenvalue weighted by atomic mass is 35.5. The lowest BCUT2D eigenvalue weighted by molar-refractivity contribution is -0.115. The zero-order valence-corrected chi connectivity index (χ0v) is 12.7. The van der Waals surface area contributed by atoms with Crippen LogP contribution in [0.25, 0.3) is 0 Å². The van der Waals surface area contributed by atoms with Crippen molar-refractivity contribution >= 4 is 51.7 Å². The molecule has 0 spiro atoms. The Balaban J connectivity index is 1.63. The standard InChI is InChI=1S/C13H11Cl2N3OS/c14-10-2-1-8(5-11(10)15)17-12(19)6-9-7-20-13-16-3-4-18(9)13/h1-2,5,7H,3-4,6H2,(H,17,19). The van der Waals surface area contributed by atoms with E-state index in [2.05, 4.69) is 15.2 Å². The summed E-state index contributed by atoms with van der Waals surface area (Å²) in [5.41, 5.74) is 1.63. The van der Waals surface area contributed by atoms with Gasteiger partial charge in [-0.2, -0.15) is 0 Å². The van der Waals surface area contributed by atoms with Gasteiger partial charge in [0.25, 0.3) is 0 Å². The maximum absolute atomic E-state index is 12.0. The second kappa shape index (κ2) is 5.68. The minimum Gasteiger partial charge on any atom is -0.326 e. The van der Waals surface area contributed by atoms with Crippen LogP contribution >= 0.6 is 35.0 Å². The number of thioether (sulfide) groups is 1. The third-order valence-corrected chi connectivity index (χ3v) is 4.68. The third-order valence-electron chi connectivity index (χ3n) is 2.99. The molecular weight excluding hydrogens is 317 g/mol. The molecule has 0 radical (unpaired) electrons. The van der Waals surface area contributed by atoms with Crippen molar-refractivity contribution in [2.45, 2.75) is 6.42 Å². The molecule has 0 bridgehead atoms. The summed E-state index contributed by atoms with van der Waals surface area (Å²) in [5.74, 6) is -0.0802. The van der Waals surface area contributed by atoms with Crippen LogP contribution in [0.2, 0.25) is 10.0 Å². The van der Waals surface area contributed by atoms with Crippen molar-refractivity contribution in [2.75, 3.05) is 18.4 Å². The fourth-order valence-electron chi connectivity index (χ4n) is 2.06. The van der Waals surface area contributed by atoms with Gasteiger partial charge in [0.15, 0.2) is 5.17 Å². The molecule has 0 aromatic heterocycles. The lowest BCUT2D eigenvalue weighted by Gasteiger charge is -2.16. The lowest BCUT2D eigenvalue weighted by Crippen LogP contribution is -2.24. The van der Waals surface area contributed by atoms with Gasteiger partial charge in [0, 0.05) is 17.9 Å². The van der Waals surface area contributed by atoms with Crippen LogP contribution in [-0.4, -0.2) is 29.1 Å². The van der Waals surface area contributed by atoms with Crippen LogP contribution in [0, 0.1) is 0 Å². The summed E-state index contributed by atoms with van der Waals surface area (Å²) >= 11 is 13.3. The minimum atomic E-state index is -0.0802. The first-order valence-corrected chi connectivity index (χ1v) is 7.69. The van der Waals surface area contributed by atoms with Crippen molar-refractivity contribution in [3.8, 4) is 0 Å². The average Bonchev–Trinajstić information content (AvgIpc) is 2.99. The fraction of sp³-hybridized carbons (Fsp3) is 0.231. The Hall–Kier alpha value is -1.17. The molecule has 20 heavy (non-hydrogen) atoms. The minimum absolute atomic E-state index is 0.0802. The van der Waals surface area contributed by atoms with Gasteiger partial charge < -0.3 is 10.2 Å². The number of fused-ring (bicyclic) bond motifs is 1. The van der Waals surface area contributed by atoms with E-state index in [1.165, 1.54) is 0 Å². The number of amidine groups is 1. The van der Waals surface area contributed by atoms with Gasteiger partial charge in [0.05, 0.1) is 23.0 Å². The number of carbonyl (C=O) groups is 1. The van der Waals surface area contributed by atoms with E-state index in [0.717, 1.165) is 24.0 Å². The van der Waals surface area contributed by atoms with Gasteiger partial charge in [-0.25, -0.2) is 0 Å². The zero-order valence-electron chi connectivity index (χ0n) is 10.4. The number of benzene rings is 1. The van der Waals surface area contributed by atoms with Gasteiger partial charge in [-0.1, -0.05) is 35.0 Å². The summed E-state index contributed by atoms with van der Waals surface area (Å²) in [6, 6.07) is 5.03. The quantitative estimate of drug-likeness (QED) is 0.922. The Morgan fingerprint density at radius 2 is 2.25 bits per heavy atom. The van der Waals surface area contributed by atoms with E-state index in [0.29, 0.717) is 22.2 Å². The second-order valence-corrected chi connectivity index (χ2v) is 6.05. The Morgan fingerprint density at radius 1 is 1.40 bits per heavy atom. The molecule has 0 saturated heterocycles. The fourth-order valence-corrected chi connectivity index (χ4v) is 3.31. The molecule has 2 aliphatic rings. The zero-order chi connectivity index (χ0) is 14.1. The summed E-state index contributed by atoms with van der Waals surface area (Å²) < 4.78 is 0. The molecule has 2 aliphatic heterocycles. The molecule has 4 nitrogen and oxygen atoms in total. The summed E-state index contributed by atoms with van der Waals surface area (Å²) in [7, 11) is 0. The molecule has 1 amide bonds. The molecule has 0 fully saturated rings. The van der Waals surface area contributed by atoms with Gasteiger partial charge in [-0.3, -0.25) is 9.79 Å². The van der Waals surface area contributed by atoms with E-state index in [-0.39, 0.29) is 5.91 Å². The number of aliphatic imine (C=N–C) groups is 1. The van der Waals surface area contributed by atoms with Crippen LogP contribution < -0.4 is 5.32 Å². The van der Waals surface area contributed by atoms with Crippen molar-refractivity contribution in [1.29, 1.82) is 0 Å². The van der Waals surface area contributed by atoms with Crippen molar-refractivity contribution in [3.63, 3.8) is 0 Å². The highest BCUT2D eigenvalue weighted by molar-refractivity contribution is 8.16. The van der Waals surface area contributed by atoms with Crippen molar-refractivity contribution in [2.24, 2.45) is 4.99 Å². The highest BCUT2D eigenvalue weighted by Gasteiger charge is 2.27. The van der Waals surface area contributed by atoms with E-state index < -0.39 is 0 Å². The number of rotatable bonds is 3. The van der Waals surface area contributed by atoms with E-state index >= 15 is 0 Å². The molecule has 0 aliphatic carbocycles. The van der Waals surface area contributed by atoms with Crippen LogP contribution in [0.3, 0.4) is 0 Å². The molecule has 2 heterocycles. The second-order valence-electron chi connectivity index (χ2n) is 4.40. The number of amides is 1. The van der Waals surface area contributed by atoms with Crippen LogP contribution in [0.15, 0.2) is 34.3 Å². The van der Waals surface area contributed by atoms with E-state index in [4.69, 9.17) is 23.2 Å². The van der Waals surface area contributed by atoms with Crippen LogP contribution in [0.4, 0.5) is 5.69 Å².